The van der Waals surface area contributed by atoms with E-state index in [9.17, 15) is 4.39 Å². The monoisotopic (exact) mass is 237 g/mol. The summed E-state index contributed by atoms with van der Waals surface area (Å²) >= 11 is 0. The Kier molecular flexibility index (Phi) is 5.70. The molecule has 0 aromatic heterocycles. The molecule has 0 aliphatic rings. The van der Waals surface area contributed by atoms with Crippen LogP contribution >= 0.6 is 0 Å². The number of allylic oxidation sites excluding steroid dienone is 1. The van der Waals surface area contributed by atoms with Crippen molar-refractivity contribution in [2.24, 2.45) is 0 Å². The molecule has 0 spiro atoms. The Morgan fingerprint density at radius 1 is 1.47 bits per heavy atom. The molecule has 94 valence electrons. The summed E-state index contributed by atoms with van der Waals surface area (Å²) < 4.78 is 18.8. The van der Waals surface area contributed by atoms with Gasteiger partial charge < -0.3 is 10.1 Å². The Morgan fingerprint density at radius 3 is 2.88 bits per heavy atom. The largest absolute Gasteiger partial charge is 0.489 e. The molecule has 1 atom stereocenters. The zero-order chi connectivity index (χ0) is 12.7. The predicted octanol–water partition coefficient (Wildman–Crippen LogP) is 3.45. The Bertz CT molecular complexity index is 376. The molecule has 0 amide bonds. The van der Waals surface area contributed by atoms with Crippen LogP contribution in [0.3, 0.4) is 0 Å². The minimum atomic E-state index is -0.233. The second-order valence-corrected chi connectivity index (χ2v) is 3.84. The van der Waals surface area contributed by atoms with Crippen molar-refractivity contribution in [1.29, 1.82) is 0 Å². The van der Waals surface area contributed by atoms with Crippen molar-refractivity contribution in [3.63, 3.8) is 0 Å². The van der Waals surface area contributed by atoms with E-state index in [1.54, 1.807) is 6.07 Å². The van der Waals surface area contributed by atoms with Crippen molar-refractivity contribution < 1.29 is 9.13 Å². The first-order valence-corrected chi connectivity index (χ1v) is 5.95. The van der Waals surface area contributed by atoms with Crippen LogP contribution in [0.1, 0.15) is 32.4 Å². The van der Waals surface area contributed by atoms with Gasteiger partial charge in [0.2, 0.25) is 0 Å². The summed E-state index contributed by atoms with van der Waals surface area (Å²) in [5.41, 5.74) is 0.858. The maximum Gasteiger partial charge on any atom is 0.124 e. The van der Waals surface area contributed by atoms with Gasteiger partial charge >= 0.3 is 0 Å². The standard InChI is InChI=1S/C14H20FNO/c1-4-6-9-17-14-8-7-12(15)10-13(14)11(3)16-5-2/h4,6-8,10-11,16H,5,9H2,1-3H3. The van der Waals surface area contributed by atoms with E-state index in [0.29, 0.717) is 6.61 Å². The molecule has 0 saturated carbocycles. The average Bonchev–Trinajstić information content (AvgIpc) is 2.31. The summed E-state index contributed by atoms with van der Waals surface area (Å²) in [6, 6.07) is 4.71. The Morgan fingerprint density at radius 2 is 2.24 bits per heavy atom. The van der Waals surface area contributed by atoms with Crippen LogP contribution in [-0.4, -0.2) is 13.2 Å². The molecule has 0 saturated heterocycles. The molecule has 2 nitrogen and oxygen atoms in total. The number of benzene rings is 1. The van der Waals surface area contributed by atoms with Gasteiger partial charge in [-0.15, -0.1) is 0 Å². The Balaban J connectivity index is 2.86. The molecule has 1 rings (SSSR count). The molecule has 1 aromatic carbocycles. The quantitative estimate of drug-likeness (QED) is 0.765. The first-order valence-electron chi connectivity index (χ1n) is 5.95. The number of rotatable bonds is 6. The topological polar surface area (TPSA) is 21.3 Å². The highest BCUT2D eigenvalue weighted by Gasteiger charge is 2.11. The molecule has 3 heteroatoms. The number of nitrogens with one attached hydrogen (secondary N) is 1. The zero-order valence-electron chi connectivity index (χ0n) is 10.7. The van der Waals surface area contributed by atoms with Gasteiger partial charge in [0.05, 0.1) is 0 Å². The van der Waals surface area contributed by atoms with Crippen molar-refractivity contribution >= 4 is 0 Å². The fraction of sp³-hybridized carbons (Fsp3) is 0.429. The van der Waals surface area contributed by atoms with Crippen molar-refractivity contribution in [1.82, 2.24) is 5.32 Å². The number of hydrogen-bond acceptors (Lipinski definition) is 2. The summed E-state index contributed by atoms with van der Waals surface area (Å²) in [4.78, 5) is 0. The normalized spacial score (nSPS) is 12.9. The molecule has 0 radical (unpaired) electrons. The van der Waals surface area contributed by atoms with Gasteiger partial charge in [0.15, 0.2) is 0 Å². The van der Waals surface area contributed by atoms with E-state index in [4.69, 9.17) is 4.74 Å². The third-order valence-corrected chi connectivity index (χ3v) is 2.52. The molecule has 0 aliphatic heterocycles. The predicted molar refractivity (Wildman–Crippen MR) is 68.8 cm³/mol. The summed E-state index contributed by atoms with van der Waals surface area (Å²) in [6.45, 7) is 7.31. The van der Waals surface area contributed by atoms with Gasteiger partial charge in [0.1, 0.15) is 18.2 Å². The molecule has 1 aromatic rings. The van der Waals surface area contributed by atoms with Gasteiger partial charge in [-0.05, 0) is 38.6 Å². The smallest absolute Gasteiger partial charge is 0.124 e. The van der Waals surface area contributed by atoms with Crippen LogP contribution in [0.15, 0.2) is 30.4 Å². The van der Waals surface area contributed by atoms with Crippen molar-refractivity contribution in [2.75, 3.05) is 13.2 Å². The SMILES string of the molecule is CC=CCOc1ccc(F)cc1C(C)NCC. The average molecular weight is 237 g/mol. The molecule has 0 fully saturated rings. The van der Waals surface area contributed by atoms with Gasteiger partial charge in [0.25, 0.3) is 0 Å². The lowest BCUT2D eigenvalue weighted by molar-refractivity contribution is 0.353. The van der Waals surface area contributed by atoms with E-state index in [1.807, 2.05) is 32.9 Å². The molecular formula is C14H20FNO. The first-order chi connectivity index (χ1) is 8.19. The van der Waals surface area contributed by atoms with Crippen LogP contribution in [0.25, 0.3) is 0 Å². The van der Waals surface area contributed by atoms with Crippen LogP contribution in [0, 0.1) is 5.82 Å². The fourth-order valence-electron chi connectivity index (χ4n) is 1.64. The minimum absolute atomic E-state index is 0.0799. The van der Waals surface area contributed by atoms with E-state index in [2.05, 4.69) is 5.32 Å². The van der Waals surface area contributed by atoms with Gasteiger partial charge in [-0.25, -0.2) is 4.39 Å². The highest BCUT2D eigenvalue weighted by Crippen LogP contribution is 2.26. The number of halogens is 1. The third-order valence-electron chi connectivity index (χ3n) is 2.52. The molecule has 1 unspecified atom stereocenters. The summed E-state index contributed by atoms with van der Waals surface area (Å²) in [6.07, 6.45) is 3.85. The maximum atomic E-state index is 13.2. The Hall–Kier alpha value is -1.35. The van der Waals surface area contributed by atoms with Crippen LogP contribution in [0.5, 0.6) is 5.75 Å². The fourth-order valence-corrected chi connectivity index (χ4v) is 1.64. The van der Waals surface area contributed by atoms with Gasteiger partial charge in [-0.2, -0.15) is 0 Å². The highest BCUT2D eigenvalue weighted by molar-refractivity contribution is 5.36. The lowest BCUT2D eigenvalue weighted by Crippen LogP contribution is -2.18. The summed E-state index contributed by atoms with van der Waals surface area (Å²) in [5, 5.41) is 3.26. The van der Waals surface area contributed by atoms with Crippen molar-refractivity contribution in [3.8, 4) is 5.75 Å². The van der Waals surface area contributed by atoms with Gasteiger partial charge in [0, 0.05) is 11.6 Å². The first kappa shape index (κ1) is 13.7. The number of ether oxygens (including phenoxy) is 1. The van der Waals surface area contributed by atoms with E-state index in [0.717, 1.165) is 17.9 Å². The minimum Gasteiger partial charge on any atom is -0.489 e. The molecule has 0 heterocycles. The van der Waals surface area contributed by atoms with E-state index in [1.165, 1.54) is 12.1 Å². The number of hydrogen-bond donors (Lipinski definition) is 1. The zero-order valence-corrected chi connectivity index (χ0v) is 10.7. The van der Waals surface area contributed by atoms with Crippen molar-refractivity contribution in [3.05, 3.63) is 41.7 Å². The second-order valence-electron chi connectivity index (χ2n) is 3.84. The summed E-state index contributed by atoms with van der Waals surface area (Å²) in [7, 11) is 0. The highest BCUT2D eigenvalue weighted by atomic mass is 19.1. The van der Waals surface area contributed by atoms with Crippen LogP contribution < -0.4 is 10.1 Å². The van der Waals surface area contributed by atoms with Crippen LogP contribution in [0.2, 0.25) is 0 Å². The van der Waals surface area contributed by atoms with Crippen molar-refractivity contribution in [2.45, 2.75) is 26.8 Å². The van der Waals surface area contributed by atoms with Crippen LogP contribution in [0.4, 0.5) is 4.39 Å². The molecule has 0 bridgehead atoms. The Labute approximate surface area is 102 Å². The lowest BCUT2D eigenvalue weighted by Gasteiger charge is -2.17. The van der Waals surface area contributed by atoms with Crippen LogP contribution in [-0.2, 0) is 0 Å². The maximum absolute atomic E-state index is 13.2. The lowest BCUT2D eigenvalue weighted by atomic mass is 10.1. The van der Waals surface area contributed by atoms with E-state index < -0.39 is 0 Å². The van der Waals surface area contributed by atoms with E-state index >= 15 is 0 Å². The third kappa shape index (κ3) is 4.19. The molecule has 1 N–H and O–H groups in total. The molecule has 17 heavy (non-hydrogen) atoms. The molecule has 0 aliphatic carbocycles. The summed E-state index contributed by atoms with van der Waals surface area (Å²) in [5.74, 6) is 0.501. The van der Waals surface area contributed by atoms with Gasteiger partial charge in [-0.3, -0.25) is 0 Å². The second kappa shape index (κ2) is 7.07. The van der Waals surface area contributed by atoms with Gasteiger partial charge in [-0.1, -0.05) is 19.1 Å². The van der Waals surface area contributed by atoms with E-state index in [-0.39, 0.29) is 11.9 Å². The molecular weight excluding hydrogens is 217 g/mol.